The van der Waals surface area contributed by atoms with Crippen molar-refractivity contribution in [2.75, 3.05) is 26.2 Å². The fourth-order valence-electron chi connectivity index (χ4n) is 5.00. The van der Waals surface area contributed by atoms with Crippen LogP contribution in [0.4, 0.5) is 0 Å². The fraction of sp³-hybridized carbons (Fsp3) is 0.833. The molecule has 6 N–H and O–H groups in total. The third-order valence-corrected chi connectivity index (χ3v) is 6.80. The third kappa shape index (κ3) is 7.37. The predicted molar refractivity (Wildman–Crippen MR) is 132 cm³/mol. The minimum absolute atomic E-state index is 0.0734. The molecule has 5 atom stereocenters. The Labute approximate surface area is 208 Å². The molecule has 2 aliphatic rings. The number of rotatable bonds is 11. The summed E-state index contributed by atoms with van der Waals surface area (Å²) in [4.78, 5) is 56.9. The highest BCUT2D eigenvalue weighted by Gasteiger charge is 2.44. The van der Waals surface area contributed by atoms with Gasteiger partial charge >= 0.3 is 0 Å². The van der Waals surface area contributed by atoms with Gasteiger partial charge in [-0.25, -0.2) is 0 Å². The molecule has 2 rings (SSSR count). The highest BCUT2D eigenvalue weighted by molar-refractivity contribution is 5.95. The van der Waals surface area contributed by atoms with Crippen LogP contribution < -0.4 is 16.8 Å². The average Bonchev–Trinajstić information content (AvgIpc) is 2.75. The molecule has 4 amide bonds. The van der Waals surface area contributed by atoms with Gasteiger partial charge in [-0.05, 0) is 44.4 Å². The maximum absolute atomic E-state index is 13.8. The summed E-state index contributed by atoms with van der Waals surface area (Å²) in [7, 11) is 0. The van der Waals surface area contributed by atoms with E-state index in [-0.39, 0.29) is 55.6 Å². The van der Waals surface area contributed by atoms with Gasteiger partial charge in [0.2, 0.25) is 23.6 Å². The Hall–Kier alpha value is -2.24. The largest absolute Gasteiger partial charge is 0.379 e. The van der Waals surface area contributed by atoms with Crippen molar-refractivity contribution in [3.63, 3.8) is 0 Å². The average molecular weight is 497 g/mol. The van der Waals surface area contributed by atoms with E-state index in [9.17, 15) is 24.3 Å². The number of piperazine rings is 2. The molecular formula is C24H44N6O5. The summed E-state index contributed by atoms with van der Waals surface area (Å²) < 4.78 is 0. The number of carbonyl (C=O) groups is 4. The molecule has 0 radical (unpaired) electrons. The number of aliphatic hydroxyl groups excluding tert-OH is 1. The first-order valence-corrected chi connectivity index (χ1v) is 12.7. The number of primary amides is 1. The van der Waals surface area contributed by atoms with Crippen LogP contribution in [0.1, 0.15) is 60.3 Å². The molecule has 0 bridgehead atoms. The van der Waals surface area contributed by atoms with Gasteiger partial charge in [-0.3, -0.25) is 19.2 Å². The Kier molecular flexibility index (Phi) is 10.5. The lowest BCUT2D eigenvalue weighted by atomic mass is 9.95. The molecule has 2 heterocycles. The zero-order valence-electron chi connectivity index (χ0n) is 21.8. The van der Waals surface area contributed by atoms with Gasteiger partial charge in [-0.2, -0.15) is 0 Å². The van der Waals surface area contributed by atoms with Crippen molar-refractivity contribution in [1.82, 2.24) is 20.0 Å². The van der Waals surface area contributed by atoms with Crippen LogP contribution in [0.3, 0.4) is 0 Å². The summed E-state index contributed by atoms with van der Waals surface area (Å²) >= 11 is 0. The van der Waals surface area contributed by atoms with E-state index in [0.29, 0.717) is 31.8 Å². The van der Waals surface area contributed by atoms with Gasteiger partial charge in [0.15, 0.2) is 0 Å². The first-order chi connectivity index (χ1) is 16.3. The van der Waals surface area contributed by atoms with E-state index in [1.54, 1.807) is 11.8 Å². The van der Waals surface area contributed by atoms with E-state index in [4.69, 9.17) is 11.5 Å². The Morgan fingerprint density at radius 2 is 1.63 bits per heavy atom. The van der Waals surface area contributed by atoms with Crippen LogP contribution in [0.5, 0.6) is 0 Å². The fourth-order valence-corrected chi connectivity index (χ4v) is 5.00. The Bertz CT molecular complexity index is 774. The zero-order valence-corrected chi connectivity index (χ0v) is 21.8. The molecule has 0 saturated carbocycles. The Balaban J connectivity index is 2.22. The lowest BCUT2D eigenvalue weighted by Crippen LogP contribution is -2.66. The monoisotopic (exact) mass is 496 g/mol. The lowest BCUT2D eigenvalue weighted by Gasteiger charge is -2.45. The van der Waals surface area contributed by atoms with Crippen LogP contribution in [-0.4, -0.2) is 100 Å². The van der Waals surface area contributed by atoms with Gasteiger partial charge in [-0.1, -0.05) is 27.7 Å². The molecule has 0 aliphatic carbocycles. The van der Waals surface area contributed by atoms with Crippen LogP contribution in [0.25, 0.3) is 0 Å². The summed E-state index contributed by atoms with van der Waals surface area (Å²) in [5.41, 5.74) is 10.9. The molecule has 0 spiro atoms. The molecule has 200 valence electrons. The highest BCUT2D eigenvalue weighted by atomic mass is 16.3. The summed E-state index contributed by atoms with van der Waals surface area (Å²) in [5.74, 6) is -0.871. The maximum atomic E-state index is 13.8. The van der Waals surface area contributed by atoms with Gasteiger partial charge in [0, 0.05) is 26.2 Å². The van der Waals surface area contributed by atoms with Crippen LogP contribution in [0.15, 0.2) is 0 Å². The molecule has 1 unspecified atom stereocenters. The summed E-state index contributed by atoms with van der Waals surface area (Å²) in [6, 6.07) is -2.69. The topological polar surface area (TPSA) is 162 Å². The third-order valence-electron chi connectivity index (χ3n) is 6.80. The molecule has 11 nitrogen and oxygen atoms in total. The second kappa shape index (κ2) is 12.6. The van der Waals surface area contributed by atoms with Gasteiger partial charge in [-0.15, -0.1) is 0 Å². The first-order valence-electron chi connectivity index (χ1n) is 12.7. The lowest BCUT2D eigenvalue weighted by molar-refractivity contribution is -0.160. The van der Waals surface area contributed by atoms with Gasteiger partial charge in [0.1, 0.15) is 24.4 Å². The number of amides is 4. The summed E-state index contributed by atoms with van der Waals surface area (Å²) in [6.45, 7) is 11.2. The van der Waals surface area contributed by atoms with Gasteiger partial charge in [0.05, 0.1) is 6.04 Å². The second-order valence-electron chi connectivity index (χ2n) is 10.6. The Morgan fingerprint density at radius 1 is 1.00 bits per heavy atom. The number of nitrogens with zero attached hydrogens (tertiary/aromatic N) is 3. The van der Waals surface area contributed by atoms with E-state index >= 15 is 0 Å². The predicted octanol–water partition coefficient (Wildman–Crippen LogP) is -0.782. The maximum Gasteiger partial charge on any atom is 0.246 e. The number of nitrogens with two attached hydrogens (primary N) is 2. The van der Waals surface area contributed by atoms with Crippen molar-refractivity contribution in [3.05, 3.63) is 0 Å². The molecule has 2 saturated heterocycles. The number of hydrogen-bond acceptors (Lipinski definition) is 7. The molecule has 0 aromatic rings. The minimum Gasteiger partial charge on any atom is -0.379 e. The van der Waals surface area contributed by atoms with Crippen molar-refractivity contribution in [1.29, 1.82) is 0 Å². The molecule has 0 aromatic carbocycles. The first kappa shape index (κ1) is 29.0. The highest BCUT2D eigenvalue weighted by Crippen LogP contribution is 2.23. The van der Waals surface area contributed by atoms with Crippen LogP contribution in [-0.2, 0) is 19.2 Å². The number of aliphatic hydroxyl groups is 1. The smallest absolute Gasteiger partial charge is 0.246 e. The normalized spacial score (nSPS) is 24.2. The van der Waals surface area contributed by atoms with Crippen LogP contribution >= 0.6 is 0 Å². The molecule has 11 heteroatoms. The standard InChI is InChI=1S/C24H44N6O5/c1-14(2)12-17-23(34)29(9-8-27-17)19(13-15(3)4)24(35)28-10-11-30(22(33)16(28)5)18(21(26)32)6-7-20(25)31/h14-20,27,31H,6-13,25H2,1-5H3,(H2,26,32)/t16-,17-,18-,19-,20?/m0/s1. The SMILES string of the molecule is CC(C)C[C@@H]1NCCN([C@@H](CC(C)C)C(=O)N2CCN([C@@H](CCC(N)O)C(N)=O)C(=O)[C@@H]2C)C1=O. The van der Waals surface area contributed by atoms with Crippen molar-refractivity contribution in [3.8, 4) is 0 Å². The number of hydrogen-bond donors (Lipinski definition) is 4. The number of nitrogens with one attached hydrogen (secondary N) is 1. The molecule has 0 aromatic heterocycles. The summed E-state index contributed by atoms with van der Waals surface area (Å²) in [6.07, 6.45) is 0.339. The number of carbonyl (C=O) groups excluding carboxylic acids is 4. The Morgan fingerprint density at radius 3 is 2.17 bits per heavy atom. The van der Waals surface area contributed by atoms with E-state index < -0.39 is 30.3 Å². The van der Waals surface area contributed by atoms with E-state index in [0.717, 1.165) is 0 Å². The van der Waals surface area contributed by atoms with Crippen molar-refractivity contribution < 1.29 is 24.3 Å². The van der Waals surface area contributed by atoms with Crippen LogP contribution in [0, 0.1) is 11.8 Å². The van der Waals surface area contributed by atoms with E-state index in [1.807, 2.05) is 13.8 Å². The van der Waals surface area contributed by atoms with Crippen molar-refractivity contribution in [2.24, 2.45) is 23.3 Å². The van der Waals surface area contributed by atoms with Crippen LogP contribution in [0.2, 0.25) is 0 Å². The minimum atomic E-state index is -1.11. The molecule has 2 fully saturated rings. The van der Waals surface area contributed by atoms with E-state index in [2.05, 4.69) is 19.2 Å². The quantitative estimate of drug-likeness (QED) is 0.273. The van der Waals surface area contributed by atoms with Crippen molar-refractivity contribution in [2.45, 2.75) is 90.7 Å². The van der Waals surface area contributed by atoms with Gasteiger partial charge in [0.25, 0.3) is 0 Å². The summed E-state index contributed by atoms with van der Waals surface area (Å²) in [5, 5.41) is 12.7. The molecule has 2 aliphatic heterocycles. The van der Waals surface area contributed by atoms with Crippen molar-refractivity contribution >= 4 is 23.6 Å². The van der Waals surface area contributed by atoms with E-state index in [1.165, 1.54) is 9.80 Å². The molecule has 35 heavy (non-hydrogen) atoms. The zero-order chi connectivity index (χ0) is 26.4. The molecular weight excluding hydrogens is 452 g/mol. The second-order valence-corrected chi connectivity index (χ2v) is 10.6. The van der Waals surface area contributed by atoms with Gasteiger partial charge < -0.3 is 36.6 Å².